The highest BCUT2D eigenvalue weighted by Gasteiger charge is 2.20. The van der Waals surface area contributed by atoms with Crippen molar-refractivity contribution < 1.29 is 0 Å². The molecule has 0 spiro atoms. The fourth-order valence-electron chi connectivity index (χ4n) is 3.81. The number of fused-ring (bicyclic) bond motifs is 1. The van der Waals surface area contributed by atoms with Gasteiger partial charge >= 0.3 is 0 Å². The number of hydrogen-bond acceptors (Lipinski definition) is 2. The van der Waals surface area contributed by atoms with Crippen LogP contribution in [0, 0.1) is 0 Å². The topological polar surface area (TPSA) is 15.3 Å². The van der Waals surface area contributed by atoms with E-state index in [9.17, 15) is 0 Å². The van der Waals surface area contributed by atoms with Crippen LogP contribution in [0.3, 0.4) is 0 Å². The highest BCUT2D eigenvalue weighted by Crippen LogP contribution is 2.24. The summed E-state index contributed by atoms with van der Waals surface area (Å²) in [5.41, 5.74) is 4.57. The van der Waals surface area contributed by atoms with Crippen LogP contribution in [0.4, 0.5) is 0 Å². The van der Waals surface area contributed by atoms with E-state index in [4.69, 9.17) is 0 Å². The summed E-state index contributed by atoms with van der Waals surface area (Å²) >= 11 is 0. The summed E-state index contributed by atoms with van der Waals surface area (Å²) in [5, 5.41) is 3.49. The molecule has 1 fully saturated rings. The van der Waals surface area contributed by atoms with Crippen LogP contribution in [0.5, 0.6) is 0 Å². The fourth-order valence-corrected chi connectivity index (χ4v) is 3.81. The van der Waals surface area contributed by atoms with Crippen LogP contribution in [0.25, 0.3) is 0 Å². The first kappa shape index (κ1) is 14.1. The highest BCUT2D eigenvalue weighted by molar-refractivity contribution is 5.33. The van der Waals surface area contributed by atoms with Gasteiger partial charge in [0.2, 0.25) is 0 Å². The normalized spacial score (nSPS) is 20.1. The van der Waals surface area contributed by atoms with Crippen LogP contribution in [0.1, 0.15) is 55.7 Å². The predicted octanol–water partition coefficient (Wildman–Crippen LogP) is 3.49. The first-order chi connectivity index (χ1) is 9.86. The average molecular weight is 272 g/mol. The third-order valence-corrected chi connectivity index (χ3v) is 5.04. The molecule has 1 aromatic rings. The molecule has 2 nitrogen and oxygen atoms in total. The minimum atomic E-state index is 0.822. The van der Waals surface area contributed by atoms with Crippen molar-refractivity contribution in [2.75, 3.05) is 13.1 Å². The minimum Gasteiger partial charge on any atom is -0.312 e. The van der Waals surface area contributed by atoms with E-state index in [1.807, 2.05) is 0 Å². The lowest BCUT2D eigenvalue weighted by Crippen LogP contribution is -2.36. The lowest BCUT2D eigenvalue weighted by molar-refractivity contribution is 0.156. The molecular formula is C18H28N2. The van der Waals surface area contributed by atoms with E-state index < -0.39 is 0 Å². The number of hydrogen-bond donors (Lipinski definition) is 1. The van der Waals surface area contributed by atoms with Crippen LogP contribution >= 0.6 is 0 Å². The Balaban J connectivity index is 1.68. The van der Waals surface area contributed by atoms with E-state index in [1.165, 1.54) is 56.2 Å². The smallest absolute Gasteiger partial charge is 0.0236 e. The molecule has 0 atom stereocenters. The maximum absolute atomic E-state index is 3.49. The molecule has 1 aliphatic carbocycles. The third-order valence-electron chi connectivity index (χ3n) is 5.04. The van der Waals surface area contributed by atoms with E-state index in [0.717, 1.165) is 25.7 Å². The summed E-state index contributed by atoms with van der Waals surface area (Å²) in [6.07, 6.45) is 8.29. The van der Waals surface area contributed by atoms with Crippen LogP contribution in [0.15, 0.2) is 18.2 Å². The predicted molar refractivity (Wildman–Crippen MR) is 84.8 cm³/mol. The first-order valence-corrected chi connectivity index (χ1v) is 8.42. The van der Waals surface area contributed by atoms with Crippen LogP contribution in [-0.4, -0.2) is 24.0 Å². The summed E-state index contributed by atoms with van der Waals surface area (Å²) < 4.78 is 0. The van der Waals surface area contributed by atoms with Crippen LogP contribution in [-0.2, 0) is 19.5 Å². The Morgan fingerprint density at radius 1 is 1.15 bits per heavy atom. The van der Waals surface area contributed by atoms with E-state index in [2.05, 4.69) is 35.3 Å². The van der Waals surface area contributed by atoms with Gasteiger partial charge in [-0.2, -0.15) is 0 Å². The summed E-state index contributed by atoms with van der Waals surface area (Å²) in [5.74, 6) is 0. The molecule has 0 saturated heterocycles. The molecule has 2 heteroatoms. The number of nitrogens with one attached hydrogen (secondary N) is 1. The van der Waals surface area contributed by atoms with E-state index in [0.29, 0.717) is 0 Å². The molecule has 0 aromatic heterocycles. The zero-order valence-electron chi connectivity index (χ0n) is 12.8. The molecule has 3 rings (SSSR count). The van der Waals surface area contributed by atoms with Gasteiger partial charge in [-0.15, -0.1) is 0 Å². The summed E-state index contributed by atoms with van der Waals surface area (Å²) in [6, 6.07) is 7.98. The molecule has 110 valence electrons. The molecule has 20 heavy (non-hydrogen) atoms. The molecule has 2 aliphatic rings. The van der Waals surface area contributed by atoms with Gasteiger partial charge in [0.1, 0.15) is 0 Å². The Bertz CT molecular complexity index is 435. The third kappa shape index (κ3) is 3.24. The average Bonchev–Trinajstić information content (AvgIpc) is 2.53. The van der Waals surface area contributed by atoms with Crippen LogP contribution in [0.2, 0.25) is 0 Å². The van der Waals surface area contributed by atoms with Gasteiger partial charge in [-0.25, -0.2) is 0 Å². The lowest BCUT2D eigenvalue weighted by atomic mass is 9.93. The van der Waals surface area contributed by atoms with Crippen molar-refractivity contribution in [3.05, 3.63) is 34.9 Å². The van der Waals surface area contributed by atoms with Gasteiger partial charge in [0.05, 0.1) is 0 Å². The Labute approximate surface area is 123 Å². The quantitative estimate of drug-likeness (QED) is 0.902. The minimum absolute atomic E-state index is 0.822. The molecule has 0 radical (unpaired) electrons. The van der Waals surface area contributed by atoms with Gasteiger partial charge < -0.3 is 5.32 Å². The van der Waals surface area contributed by atoms with Gasteiger partial charge in [-0.05, 0) is 49.0 Å². The van der Waals surface area contributed by atoms with E-state index in [1.54, 1.807) is 5.56 Å². The van der Waals surface area contributed by atoms with Crippen molar-refractivity contribution in [3.8, 4) is 0 Å². The van der Waals surface area contributed by atoms with Crippen molar-refractivity contribution in [3.63, 3.8) is 0 Å². The Morgan fingerprint density at radius 3 is 2.80 bits per heavy atom. The standard InChI is InChI=1S/C18H28N2/c1-2-20(18-6-4-3-5-7-18)14-15-8-9-16-10-11-19-13-17(16)12-15/h8-9,12,18-19H,2-7,10-11,13-14H2,1H3. The summed E-state index contributed by atoms with van der Waals surface area (Å²) in [7, 11) is 0. The van der Waals surface area contributed by atoms with Crippen molar-refractivity contribution >= 4 is 0 Å². The van der Waals surface area contributed by atoms with Crippen LogP contribution < -0.4 is 5.32 Å². The molecule has 0 amide bonds. The zero-order valence-corrected chi connectivity index (χ0v) is 12.8. The zero-order chi connectivity index (χ0) is 13.8. The monoisotopic (exact) mass is 272 g/mol. The van der Waals surface area contributed by atoms with E-state index in [-0.39, 0.29) is 0 Å². The number of nitrogens with zero attached hydrogens (tertiary/aromatic N) is 1. The molecule has 1 N–H and O–H groups in total. The molecule has 1 heterocycles. The molecule has 1 aromatic carbocycles. The Hall–Kier alpha value is -0.860. The Kier molecular flexibility index (Phi) is 4.74. The highest BCUT2D eigenvalue weighted by atomic mass is 15.1. The second-order valence-corrected chi connectivity index (χ2v) is 6.38. The maximum atomic E-state index is 3.49. The lowest BCUT2D eigenvalue weighted by Gasteiger charge is -2.33. The maximum Gasteiger partial charge on any atom is 0.0236 e. The van der Waals surface area contributed by atoms with Gasteiger partial charge in [0.15, 0.2) is 0 Å². The molecule has 0 unspecified atom stereocenters. The molecule has 1 aliphatic heterocycles. The van der Waals surface area contributed by atoms with Crippen molar-refractivity contribution in [2.45, 2.75) is 64.6 Å². The number of benzene rings is 1. The van der Waals surface area contributed by atoms with Crippen molar-refractivity contribution in [1.82, 2.24) is 10.2 Å². The van der Waals surface area contributed by atoms with Gasteiger partial charge in [0.25, 0.3) is 0 Å². The van der Waals surface area contributed by atoms with Gasteiger partial charge in [0, 0.05) is 19.1 Å². The molecule has 0 bridgehead atoms. The van der Waals surface area contributed by atoms with Crippen molar-refractivity contribution in [1.29, 1.82) is 0 Å². The molecular weight excluding hydrogens is 244 g/mol. The summed E-state index contributed by atoms with van der Waals surface area (Å²) in [4.78, 5) is 2.69. The first-order valence-electron chi connectivity index (χ1n) is 8.42. The SMILES string of the molecule is CCN(Cc1ccc2c(c1)CNCC2)C1CCCCC1. The van der Waals surface area contributed by atoms with Gasteiger partial charge in [-0.3, -0.25) is 4.90 Å². The summed E-state index contributed by atoms with van der Waals surface area (Å²) in [6.45, 7) is 6.82. The Morgan fingerprint density at radius 2 is 2.00 bits per heavy atom. The number of rotatable bonds is 4. The molecule has 1 saturated carbocycles. The van der Waals surface area contributed by atoms with Gasteiger partial charge in [-0.1, -0.05) is 44.4 Å². The van der Waals surface area contributed by atoms with E-state index >= 15 is 0 Å². The second-order valence-electron chi connectivity index (χ2n) is 6.38. The fraction of sp³-hybridized carbons (Fsp3) is 0.667. The van der Waals surface area contributed by atoms with Crippen molar-refractivity contribution in [2.24, 2.45) is 0 Å². The second kappa shape index (κ2) is 6.73. The largest absolute Gasteiger partial charge is 0.312 e.